The van der Waals surface area contributed by atoms with Crippen molar-refractivity contribution in [2.75, 3.05) is 31.9 Å². The van der Waals surface area contributed by atoms with E-state index in [4.69, 9.17) is 5.73 Å². The zero-order chi connectivity index (χ0) is 21.6. The van der Waals surface area contributed by atoms with Gasteiger partial charge in [0.15, 0.2) is 0 Å². The predicted molar refractivity (Wildman–Crippen MR) is 135 cm³/mol. The lowest BCUT2D eigenvalue weighted by Gasteiger charge is -2.41. The molecular weight excluding hydrogens is 468 g/mol. The maximum absolute atomic E-state index is 5.84. The van der Waals surface area contributed by atoms with Crippen LogP contribution in [0.5, 0.6) is 0 Å². The number of thioether (sulfide) groups is 1. The number of pyridine rings is 1. The van der Waals surface area contributed by atoms with E-state index in [0.29, 0.717) is 11.7 Å². The van der Waals surface area contributed by atoms with Crippen LogP contribution in [0, 0.1) is 5.92 Å². The molecule has 2 aliphatic rings. The number of likely N-dealkylation sites (tertiary alicyclic amines) is 2. The van der Waals surface area contributed by atoms with Crippen LogP contribution in [0.25, 0.3) is 0 Å². The van der Waals surface area contributed by atoms with Crippen LogP contribution >= 0.6 is 27.7 Å². The molecule has 1 aromatic carbocycles. The topological polar surface area (TPSA) is 45.4 Å². The summed E-state index contributed by atoms with van der Waals surface area (Å²) in [4.78, 5) is 10.7. The Balaban J connectivity index is 1.25. The first kappa shape index (κ1) is 22.7. The first-order chi connectivity index (χ1) is 15.1. The van der Waals surface area contributed by atoms with Gasteiger partial charge in [-0.3, -0.25) is 4.90 Å². The highest BCUT2D eigenvalue weighted by Gasteiger charge is 2.28. The van der Waals surface area contributed by atoms with E-state index in [2.05, 4.69) is 74.0 Å². The Morgan fingerprint density at radius 3 is 2.58 bits per heavy atom. The Morgan fingerprint density at radius 2 is 1.90 bits per heavy atom. The first-order valence-corrected chi connectivity index (χ1v) is 13.0. The molecule has 0 spiro atoms. The van der Waals surface area contributed by atoms with E-state index in [9.17, 15) is 0 Å². The summed E-state index contributed by atoms with van der Waals surface area (Å²) in [6, 6.07) is 12.8. The third kappa shape index (κ3) is 6.27. The van der Waals surface area contributed by atoms with Crippen molar-refractivity contribution in [3.05, 3.63) is 64.4 Å². The third-order valence-corrected chi connectivity index (χ3v) is 8.28. The van der Waals surface area contributed by atoms with Crippen LogP contribution in [0.15, 0.2) is 63.7 Å². The number of hydrogen-bond acceptors (Lipinski definition) is 5. The van der Waals surface area contributed by atoms with Crippen LogP contribution < -0.4 is 5.73 Å². The number of anilines is 1. The van der Waals surface area contributed by atoms with E-state index in [1.54, 1.807) is 5.70 Å². The van der Waals surface area contributed by atoms with Crippen molar-refractivity contribution in [2.24, 2.45) is 5.92 Å². The molecule has 31 heavy (non-hydrogen) atoms. The fourth-order valence-electron chi connectivity index (χ4n) is 4.88. The van der Waals surface area contributed by atoms with Crippen molar-refractivity contribution in [1.82, 2.24) is 14.8 Å². The summed E-state index contributed by atoms with van der Waals surface area (Å²) in [6.07, 6.45) is 9.20. The van der Waals surface area contributed by atoms with Gasteiger partial charge in [-0.1, -0.05) is 28.1 Å². The highest BCUT2D eigenvalue weighted by Crippen LogP contribution is 2.35. The van der Waals surface area contributed by atoms with Crippen LogP contribution in [0.4, 0.5) is 5.82 Å². The molecule has 0 atom stereocenters. The Bertz CT molecular complexity index is 817. The Kier molecular flexibility index (Phi) is 7.96. The van der Waals surface area contributed by atoms with Gasteiger partial charge in [0.1, 0.15) is 5.82 Å². The maximum Gasteiger partial charge on any atom is 0.123 e. The number of nitrogens with zero attached hydrogens (tertiary/aromatic N) is 3. The monoisotopic (exact) mass is 500 g/mol. The molecule has 2 saturated heterocycles. The standard InChI is InChI=1S/C25H33BrN4S/c1-2-24(20-7-12-29(13-8-20)18-19-6-11-28-25(27)16-19)30-14-9-22(10-15-30)31-23-5-3-4-21(26)17-23/h2-6,11,16-17,20,22H,7-10,12-15,18H2,1H3,(H2,27,28)/b24-2+. The number of piperidine rings is 2. The van der Waals surface area contributed by atoms with Gasteiger partial charge < -0.3 is 10.6 Å². The number of rotatable bonds is 6. The molecule has 0 bridgehead atoms. The fourth-order valence-corrected chi connectivity index (χ4v) is 6.61. The van der Waals surface area contributed by atoms with Crippen molar-refractivity contribution in [3.8, 4) is 0 Å². The summed E-state index contributed by atoms with van der Waals surface area (Å²) in [7, 11) is 0. The quantitative estimate of drug-likeness (QED) is 0.542. The summed E-state index contributed by atoms with van der Waals surface area (Å²) in [6.45, 7) is 7.87. The molecule has 0 amide bonds. The average Bonchev–Trinajstić information content (AvgIpc) is 2.77. The number of nitrogen functional groups attached to an aromatic ring is 1. The van der Waals surface area contributed by atoms with Crippen LogP contribution in [0.2, 0.25) is 0 Å². The van der Waals surface area contributed by atoms with Crippen molar-refractivity contribution in [3.63, 3.8) is 0 Å². The van der Waals surface area contributed by atoms with Crippen LogP contribution in [0.3, 0.4) is 0 Å². The van der Waals surface area contributed by atoms with E-state index < -0.39 is 0 Å². The normalized spacial score (nSPS) is 19.7. The number of benzene rings is 1. The lowest BCUT2D eigenvalue weighted by Crippen LogP contribution is -2.40. The van der Waals surface area contributed by atoms with Crippen molar-refractivity contribution >= 4 is 33.5 Å². The predicted octanol–water partition coefficient (Wildman–Crippen LogP) is 5.80. The molecule has 1 aromatic heterocycles. The van der Waals surface area contributed by atoms with Gasteiger partial charge in [-0.05, 0) is 81.6 Å². The summed E-state index contributed by atoms with van der Waals surface area (Å²) in [5.74, 6) is 1.31. The molecule has 6 heteroatoms. The molecule has 2 aromatic rings. The molecule has 166 valence electrons. The second-order valence-corrected chi connectivity index (χ2v) is 10.9. The minimum absolute atomic E-state index is 0.616. The van der Waals surface area contributed by atoms with Gasteiger partial charge in [0.2, 0.25) is 0 Å². The van der Waals surface area contributed by atoms with E-state index in [-0.39, 0.29) is 0 Å². The van der Waals surface area contributed by atoms with Gasteiger partial charge in [0.05, 0.1) is 0 Å². The molecule has 2 N–H and O–H groups in total. The van der Waals surface area contributed by atoms with Gasteiger partial charge in [0.25, 0.3) is 0 Å². The summed E-state index contributed by atoms with van der Waals surface area (Å²) < 4.78 is 1.17. The molecule has 0 saturated carbocycles. The SMILES string of the molecule is C/C=C(\C1CCN(Cc2ccnc(N)c2)CC1)N1CCC(Sc2cccc(Br)c2)CC1. The highest BCUT2D eigenvalue weighted by atomic mass is 79.9. The summed E-state index contributed by atoms with van der Waals surface area (Å²) in [5, 5.41) is 0.721. The second-order valence-electron chi connectivity index (χ2n) is 8.61. The first-order valence-electron chi connectivity index (χ1n) is 11.4. The fraction of sp³-hybridized carbons (Fsp3) is 0.480. The zero-order valence-corrected chi connectivity index (χ0v) is 20.7. The van der Waals surface area contributed by atoms with Crippen molar-refractivity contribution in [1.29, 1.82) is 0 Å². The van der Waals surface area contributed by atoms with Gasteiger partial charge >= 0.3 is 0 Å². The average molecular weight is 502 g/mol. The van der Waals surface area contributed by atoms with E-state index in [1.807, 2.05) is 24.0 Å². The van der Waals surface area contributed by atoms with Crippen LogP contribution in [-0.2, 0) is 6.54 Å². The van der Waals surface area contributed by atoms with Gasteiger partial charge in [-0.25, -0.2) is 4.98 Å². The van der Waals surface area contributed by atoms with E-state index in [1.165, 1.54) is 53.7 Å². The zero-order valence-electron chi connectivity index (χ0n) is 18.3. The maximum atomic E-state index is 5.84. The van der Waals surface area contributed by atoms with Crippen LogP contribution in [0.1, 0.15) is 38.2 Å². The molecule has 0 unspecified atom stereocenters. The molecule has 4 rings (SSSR count). The number of hydrogen-bond donors (Lipinski definition) is 1. The number of allylic oxidation sites excluding steroid dienone is 2. The lowest BCUT2D eigenvalue weighted by molar-refractivity contribution is 0.163. The molecule has 0 aliphatic carbocycles. The van der Waals surface area contributed by atoms with Crippen LogP contribution in [-0.4, -0.2) is 46.2 Å². The summed E-state index contributed by atoms with van der Waals surface area (Å²) in [5.41, 5.74) is 8.69. The highest BCUT2D eigenvalue weighted by molar-refractivity contribution is 9.10. The smallest absolute Gasteiger partial charge is 0.123 e. The Hall–Kier alpha value is -1.50. The molecule has 3 heterocycles. The van der Waals surface area contributed by atoms with E-state index >= 15 is 0 Å². The number of halogens is 1. The minimum atomic E-state index is 0.616. The molecule has 2 fully saturated rings. The lowest BCUT2D eigenvalue weighted by atomic mass is 9.91. The van der Waals surface area contributed by atoms with Crippen molar-refractivity contribution in [2.45, 2.75) is 49.3 Å². The van der Waals surface area contributed by atoms with E-state index in [0.717, 1.165) is 24.9 Å². The summed E-state index contributed by atoms with van der Waals surface area (Å²) >= 11 is 5.64. The second kappa shape index (κ2) is 10.9. The third-order valence-electron chi connectivity index (χ3n) is 6.46. The number of nitrogens with two attached hydrogens (primary N) is 1. The molecule has 0 radical (unpaired) electrons. The Morgan fingerprint density at radius 1 is 1.13 bits per heavy atom. The largest absolute Gasteiger partial charge is 0.384 e. The van der Waals surface area contributed by atoms with Gasteiger partial charge in [0, 0.05) is 52.1 Å². The van der Waals surface area contributed by atoms with Gasteiger partial charge in [-0.2, -0.15) is 0 Å². The Labute approximate surface area is 199 Å². The number of aromatic nitrogens is 1. The van der Waals surface area contributed by atoms with Crippen molar-refractivity contribution < 1.29 is 0 Å². The molecule has 2 aliphatic heterocycles. The molecule has 4 nitrogen and oxygen atoms in total. The van der Waals surface area contributed by atoms with Gasteiger partial charge in [-0.15, -0.1) is 11.8 Å². The molecular formula is C25H33BrN4S. The minimum Gasteiger partial charge on any atom is -0.384 e.